The summed E-state index contributed by atoms with van der Waals surface area (Å²) in [5, 5.41) is 3.98. The molecule has 3 aliphatic carbocycles. The first-order valence-electron chi connectivity index (χ1n) is 16.0. The number of anilines is 2. The number of halogens is 3. The van der Waals surface area contributed by atoms with Crippen LogP contribution >= 0.6 is 0 Å². The van der Waals surface area contributed by atoms with Gasteiger partial charge in [-0.05, 0) is 86.6 Å². The molecule has 0 aliphatic heterocycles. The Morgan fingerprint density at radius 2 is 1.64 bits per heavy atom. The Labute approximate surface area is 261 Å². The molecule has 0 spiro atoms. The highest BCUT2D eigenvalue weighted by Gasteiger charge is 2.36. The van der Waals surface area contributed by atoms with Crippen molar-refractivity contribution in [2.75, 3.05) is 22.9 Å². The lowest BCUT2D eigenvalue weighted by Gasteiger charge is -2.31. The molecule has 2 fully saturated rings. The fraction of sp³-hybridized carbons (Fsp3) is 0.486. The number of benzene rings is 1. The van der Waals surface area contributed by atoms with Gasteiger partial charge in [-0.1, -0.05) is 30.6 Å². The zero-order valence-electron chi connectivity index (χ0n) is 26.1. The highest BCUT2D eigenvalue weighted by molar-refractivity contribution is 5.58. The number of aryl methyl sites for hydroxylation is 2. The third-order valence-corrected chi connectivity index (χ3v) is 9.32. The van der Waals surface area contributed by atoms with Crippen LogP contribution in [-0.2, 0) is 31.1 Å². The van der Waals surface area contributed by atoms with Crippen LogP contribution in [0.5, 0.6) is 0 Å². The lowest BCUT2D eigenvalue weighted by atomic mass is 9.90. The SMILES string of the molecule is Cc1cc(CN(Cc2cc3c(nc2N(CC2CC2)CC2CC2)C(C)(C)CC3)c2ncc(-c3ccon3)cn2)cc(C(F)(F)F)c1. The molecule has 45 heavy (non-hydrogen) atoms. The largest absolute Gasteiger partial charge is 0.416 e. The van der Waals surface area contributed by atoms with E-state index in [1.165, 1.54) is 55.3 Å². The van der Waals surface area contributed by atoms with Crippen molar-refractivity contribution in [2.24, 2.45) is 11.8 Å². The van der Waals surface area contributed by atoms with E-state index in [1.54, 1.807) is 25.4 Å². The molecule has 0 N–H and O–H groups in total. The number of nitrogens with zero attached hydrogens (tertiary/aromatic N) is 6. The first-order chi connectivity index (χ1) is 21.5. The molecule has 1 aromatic carbocycles. The molecule has 236 valence electrons. The fourth-order valence-electron chi connectivity index (χ4n) is 6.52. The van der Waals surface area contributed by atoms with Crippen LogP contribution < -0.4 is 9.80 Å². The first kappa shape index (κ1) is 29.7. The summed E-state index contributed by atoms with van der Waals surface area (Å²) in [6, 6.07) is 8.27. The van der Waals surface area contributed by atoms with Gasteiger partial charge in [0.1, 0.15) is 17.8 Å². The second kappa shape index (κ2) is 11.4. The van der Waals surface area contributed by atoms with Crippen LogP contribution in [0.15, 0.2) is 53.5 Å². The molecule has 7 nitrogen and oxygen atoms in total. The van der Waals surface area contributed by atoms with Crippen molar-refractivity contribution in [3.63, 3.8) is 0 Å². The van der Waals surface area contributed by atoms with Crippen LogP contribution in [-0.4, -0.2) is 33.2 Å². The summed E-state index contributed by atoms with van der Waals surface area (Å²) in [6.07, 6.45) is 7.43. The van der Waals surface area contributed by atoms with Gasteiger partial charge in [0, 0.05) is 61.2 Å². The zero-order chi connectivity index (χ0) is 31.3. The molecule has 0 saturated heterocycles. The number of pyridine rings is 1. The summed E-state index contributed by atoms with van der Waals surface area (Å²) >= 11 is 0. The van der Waals surface area contributed by atoms with Gasteiger partial charge in [-0.2, -0.15) is 13.2 Å². The van der Waals surface area contributed by atoms with Gasteiger partial charge >= 0.3 is 6.18 Å². The van der Waals surface area contributed by atoms with Crippen LogP contribution in [0.4, 0.5) is 24.9 Å². The normalized spacial score (nSPS) is 17.4. The maximum atomic E-state index is 13.8. The summed E-state index contributed by atoms with van der Waals surface area (Å²) in [7, 11) is 0. The molecule has 10 heteroatoms. The van der Waals surface area contributed by atoms with Crippen LogP contribution in [0.2, 0.25) is 0 Å². The van der Waals surface area contributed by atoms with Gasteiger partial charge in [-0.3, -0.25) is 0 Å². The minimum atomic E-state index is -4.43. The predicted octanol–water partition coefficient (Wildman–Crippen LogP) is 7.91. The van der Waals surface area contributed by atoms with E-state index in [9.17, 15) is 13.2 Å². The van der Waals surface area contributed by atoms with E-state index in [-0.39, 0.29) is 12.0 Å². The van der Waals surface area contributed by atoms with E-state index < -0.39 is 11.7 Å². The topological polar surface area (TPSA) is 71.2 Å². The summed E-state index contributed by atoms with van der Waals surface area (Å²) in [4.78, 5) is 19.3. The van der Waals surface area contributed by atoms with Gasteiger partial charge in [0.05, 0.1) is 11.3 Å². The van der Waals surface area contributed by atoms with Crippen molar-refractivity contribution in [1.29, 1.82) is 0 Å². The Kier molecular flexibility index (Phi) is 7.56. The van der Waals surface area contributed by atoms with Crippen molar-refractivity contribution in [3.05, 3.63) is 82.5 Å². The van der Waals surface area contributed by atoms with E-state index in [2.05, 4.69) is 39.9 Å². The molecule has 3 aromatic heterocycles. The molecule has 0 atom stereocenters. The number of rotatable bonds is 11. The molecule has 4 aromatic rings. The number of hydrogen-bond donors (Lipinski definition) is 0. The minimum absolute atomic E-state index is 0.00273. The van der Waals surface area contributed by atoms with E-state index in [0.717, 1.165) is 37.3 Å². The monoisotopic (exact) mass is 616 g/mol. The Balaban J connectivity index is 1.29. The molecule has 7 rings (SSSR count). The molecule has 3 heterocycles. The summed E-state index contributed by atoms with van der Waals surface area (Å²) in [5.41, 5.74) is 5.28. The Morgan fingerprint density at radius 1 is 0.933 bits per heavy atom. The van der Waals surface area contributed by atoms with Crippen LogP contribution in [0.1, 0.15) is 79.5 Å². The smallest absolute Gasteiger partial charge is 0.364 e. The molecule has 0 bridgehead atoms. The highest BCUT2D eigenvalue weighted by atomic mass is 19.4. The Morgan fingerprint density at radius 3 is 2.27 bits per heavy atom. The van der Waals surface area contributed by atoms with Gasteiger partial charge in [-0.25, -0.2) is 15.0 Å². The maximum absolute atomic E-state index is 13.8. The number of fused-ring (bicyclic) bond motifs is 1. The molecule has 2 saturated carbocycles. The van der Waals surface area contributed by atoms with Crippen LogP contribution in [0.3, 0.4) is 0 Å². The first-order valence-corrected chi connectivity index (χ1v) is 16.0. The molecule has 0 radical (unpaired) electrons. The van der Waals surface area contributed by atoms with Crippen molar-refractivity contribution >= 4 is 11.8 Å². The third kappa shape index (κ3) is 6.70. The van der Waals surface area contributed by atoms with E-state index in [1.807, 2.05) is 11.0 Å². The average Bonchev–Trinajstić information content (AvgIpc) is 3.91. The highest BCUT2D eigenvalue weighted by Crippen LogP contribution is 2.42. The van der Waals surface area contributed by atoms with Crippen LogP contribution in [0.25, 0.3) is 11.3 Å². The summed E-state index contributed by atoms with van der Waals surface area (Å²) in [5.74, 6) is 2.82. The van der Waals surface area contributed by atoms with Crippen molar-refractivity contribution in [1.82, 2.24) is 20.1 Å². The predicted molar refractivity (Wildman–Crippen MR) is 167 cm³/mol. The van der Waals surface area contributed by atoms with Gasteiger partial charge < -0.3 is 14.3 Å². The molecular weight excluding hydrogens is 577 g/mol. The molecule has 0 amide bonds. The number of aromatic nitrogens is 4. The van der Waals surface area contributed by atoms with Gasteiger partial charge in [0.25, 0.3) is 0 Å². The second-order valence-corrected chi connectivity index (χ2v) is 13.9. The number of alkyl halides is 3. The van der Waals surface area contributed by atoms with Crippen LogP contribution in [0, 0.1) is 18.8 Å². The quantitative estimate of drug-likeness (QED) is 0.170. The molecule has 0 unspecified atom stereocenters. The van der Waals surface area contributed by atoms with Crippen molar-refractivity contribution in [3.8, 4) is 11.3 Å². The van der Waals surface area contributed by atoms with Gasteiger partial charge in [0.2, 0.25) is 5.95 Å². The standard InChI is InChI=1S/C35H39F3N6O/c1-22-12-25(14-29(13-22)35(36,37)38)20-44(33-39-16-28(17-40-33)30-9-11-45-42-30)21-27-15-26-8-10-34(2,3)31(26)41-32(27)43(18-23-4-5-23)19-24-6-7-24/h9,11-17,23-24H,4-8,10,18-21H2,1-3H3. The van der Waals surface area contributed by atoms with Crippen molar-refractivity contribution in [2.45, 2.75) is 84.0 Å². The van der Waals surface area contributed by atoms with Gasteiger partial charge in [-0.15, -0.1) is 0 Å². The molecule has 3 aliphatic rings. The van der Waals surface area contributed by atoms with E-state index >= 15 is 0 Å². The van der Waals surface area contributed by atoms with Gasteiger partial charge in [0.15, 0.2) is 0 Å². The Bertz CT molecular complexity index is 1650. The van der Waals surface area contributed by atoms with E-state index in [0.29, 0.717) is 46.7 Å². The lowest BCUT2D eigenvalue weighted by Crippen LogP contribution is -2.33. The van der Waals surface area contributed by atoms with Crippen molar-refractivity contribution < 1.29 is 17.7 Å². The average molecular weight is 617 g/mol. The Hall–Kier alpha value is -3.95. The third-order valence-electron chi connectivity index (χ3n) is 9.32. The minimum Gasteiger partial charge on any atom is -0.364 e. The zero-order valence-corrected chi connectivity index (χ0v) is 26.1. The second-order valence-electron chi connectivity index (χ2n) is 13.9. The lowest BCUT2D eigenvalue weighted by molar-refractivity contribution is -0.137. The van der Waals surface area contributed by atoms with E-state index in [4.69, 9.17) is 9.51 Å². The fourth-order valence-corrected chi connectivity index (χ4v) is 6.52. The number of hydrogen-bond acceptors (Lipinski definition) is 7. The summed E-state index contributed by atoms with van der Waals surface area (Å²) in [6.45, 7) is 8.85. The summed E-state index contributed by atoms with van der Waals surface area (Å²) < 4.78 is 46.4. The molecular formula is C35H39F3N6O. The maximum Gasteiger partial charge on any atom is 0.416 e.